The van der Waals surface area contributed by atoms with Gasteiger partial charge in [-0.05, 0) is 141 Å². The van der Waals surface area contributed by atoms with Gasteiger partial charge < -0.3 is 14.2 Å². The smallest absolute Gasteiger partial charge is 0.306 e. The molecule has 0 bridgehead atoms. The fraction of sp³-hybridized carbons (Fsp3) is 0.630. The molecule has 1 unspecified atom stereocenters. The standard InChI is InChI=1S/C73H118O6/c1-4-7-10-13-16-19-22-25-28-30-31-32-33-34-35-36-37-38-39-40-41-43-45-48-51-54-57-60-63-66-72(75)78-69-70(68-77-71(74)65-62-59-56-53-50-47-44-27-24-21-18-15-12-9-6-3)79-73(76)67-64-61-58-55-52-49-46-42-29-26-23-20-17-14-11-8-5-2/h7-8,10-11,16-21,25-29,31-32,34-35,37-38,44,46,49,70H,4-6,9,12-15,22-24,30,33,36,39-43,45,47-48,50-69H2,1-3H3/b10-7-,11-8-,19-16-,20-17-,21-18-,28-25-,29-26-,32-31-,35-34-,38-37-,44-27-,49-46-. The predicted octanol–water partition coefficient (Wildman–Crippen LogP) is 22.3. The molecular formula is C73H118O6. The predicted molar refractivity (Wildman–Crippen MR) is 343 cm³/mol. The molecule has 0 spiro atoms. The van der Waals surface area contributed by atoms with Gasteiger partial charge in [-0.1, -0.05) is 263 Å². The summed E-state index contributed by atoms with van der Waals surface area (Å²) in [5, 5.41) is 0. The van der Waals surface area contributed by atoms with Crippen LogP contribution in [-0.2, 0) is 28.6 Å². The molecule has 0 heterocycles. The van der Waals surface area contributed by atoms with Crippen molar-refractivity contribution in [2.45, 2.75) is 284 Å². The van der Waals surface area contributed by atoms with E-state index in [-0.39, 0.29) is 31.1 Å². The van der Waals surface area contributed by atoms with E-state index in [1.807, 2.05) is 0 Å². The molecule has 446 valence electrons. The van der Waals surface area contributed by atoms with Gasteiger partial charge in [-0.25, -0.2) is 0 Å². The van der Waals surface area contributed by atoms with Crippen molar-refractivity contribution in [2.75, 3.05) is 13.2 Å². The van der Waals surface area contributed by atoms with Gasteiger partial charge in [0.2, 0.25) is 0 Å². The summed E-state index contributed by atoms with van der Waals surface area (Å²) in [5.74, 6) is -0.941. The highest BCUT2D eigenvalue weighted by atomic mass is 16.6. The van der Waals surface area contributed by atoms with Crippen LogP contribution in [0.2, 0.25) is 0 Å². The third kappa shape index (κ3) is 64.0. The minimum Gasteiger partial charge on any atom is -0.462 e. The zero-order valence-corrected chi connectivity index (χ0v) is 51.1. The fourth-order valence-corrected chi connectivity index (χ4v) is 8.53. The van der Waals surface area contributed by atoms with Crippen molar-refractivity contribution >= 4 is 17.9 Å². The lowest BCUT2D eigenvalue weighted by atomic mass is 10.1. The summed E-state index contributed by atoms with van der Waals surface area (Å²) in [6.07, 6.45) is 94.2. The van der Waals surface area contributed by atoms with Gasteiger partial charge in [0, 0.05) is 19.3 Å². The molecule has 0 saturated carbocycles. The third-order valence-corrected chi connectivity index (χ3v) is 13.3. The Morgan fingerprint density at radius 2 is 0.494 bits per heavy atom. The van der Waals surface area contributed by atoms with Crippen molar-refractivity contribution in [2.24, 2.45) is 0 Å². The van der Waals surface area contributed by atoms with Crippen molar-refractivity contribution in [3.05, 3.63) is 146 Å². The van der Waals surface area contributed by atoms with E-state index in [1.165, 1.54) is 77.0 Å². The van der Waals surface area contributed by atoms with Crippen LogP contribution in [0.3, 0.4) is 0 Å². The highest BCUT2D eigenvalue weighted by Gasteiger charge is 2.19. The van der Waals surface area contributed by atoms with E-state index in [0.717, 1.165) is 161 Å². The summed E-state index contributed by atoms with van der Waals surface area (Å²) in [5.41, 5.74) is 0. The molecular weight excluding hydrogens is 973 g/mol. The Labute approximate surface area is 487 Å². The van der Waals surface area contributed by atoms with Crippen molar-refractivity contribution in [3.8, 4) is 0 Å². The summed E-state index contributed by atoms with van der Waals surface area (Å²) in [6, 6.07) is 0. The van der Waals surface area contributed by atoms with Crippen LogP contribution in [0.1, 0.15) is 278 Å². The van der Waals surface area contributed by atoms with Gasteiger partial charge in [0.05, 0.1) is 0 Å². The van der Waals surface area contributed by atoms with Crippen molar-refractivity contribution in [3.63, 3.8) is 0 Å². The van der Waals surface area contributed by atoms with Crippen LogP contribution in [0.25, 0.3) is 0 Å². The summed E-state index contributed by atoms with van der Waals surface area (Å²) in [6.45, 7) is 6.35. The molecule has 79 heavy (non-hydrogen) atoms. The van der Waals surface area contributed by atoms with Crippen LogP contribution in [-0.4, -0.2) is 37.2 Å². The van der Waals surface area contributed by atoms with Crippen LogP contribution >= 0.6 is 0 Å². The SMILES string of the molecule is CC/C=C\C/C=C\C/C=C\C/C=C\C/C=C\C/C=C\CCCCCCCCCCCCC(=O)OCC(COC(=O)CCCCCCC/C=C\C/C=C\CCCCC)OC(=O)CCCCCC/C=C\C/C=C\C/C=C\C/C=C\CC. The number of carbonyl (C=O) groups is 3. The second-order valence-electron chi connectivity index (χ2n) is 20.9. The third-order valence-electron chi connectivity index (χ3n) is 13.3. The van der Waals surface area contributed by atoms with Crippen LogP contribution in [0.15, 0.2) is 146 Å². The first-order valence-electron chi connectivity index (χ1n) is 32.3. The molecule has 0 aromatic heterocycles. The maximum absolute atomic E-state index is 12.9. The van der Waals surface area contributed by atoms with Crippen molar-refractivity contribution in [1.82, 2.24) is 0 Å². The molecule has 0 fully saturated rings. The monoisotopic (exact) mass is 1090 g/mol. The molecule has 0 rings (SSSR count). The van der Waals surface area contributed by atoms with Crippen LogP contribution < -0.4 is 0 Å². The van der Waals surface area contributed by atoms with Gasteiger partial charge >= 0.3 is 17.9 Å². The Morgan fingerprint density at radius 1 is 0.266 bits per heavy atom. The molecule has 0 amide bonds. The highest BCUT2D eigenvalue weighted by Crippen LogP contribution is 2.15. The number of ether oxygens (including phenoxy) is 3. The summed E-state index contributed by atoms with van der Waals surface area (Å²) < 4.78 is 16.9. The second-order valence-corrected chi connectivity index (χ2v) is 20.9. The number of unbranched alkanes of at least 4 members (excludes halogenated alkanes) is 22. The number of allylic oxidation sites excluding steroid dienone is 24. The fourth-order valence-electron chi connectivity index (χ4n) is 8.53. The van der Waals surface area contributed by atoms with E-state index in [1.54, 1.807) is 0 Å². The quantitative estimate of drug-likeness (QED) is 0.0261. The highest BCUT2D eigenvalue weighted by molar-refractivity contribution is 5.71. The molecule has 0 N–H and O–H groups in total. The van der Waals surface area contributed by atoms with E-state index in [0.29, 0.717) is 19.3 Å². The van der Waals surface area contributed by atoms with E-state index in [2.05, 4.69) is 167 Å². The summed E-state index contributed by atoms with van der Waals surface area (Å²) in [4.78, 5) is 38.3. The molecule has 0 aromatic carbocycles. The molecule has 0 radical (unpaired) electrons. The maximum atomic E-state index is 12.9. The summed E-state index contributed by atoms with van der Waals surface area (Å²) >= 11 is 0. The number of carbonyl (C=O) groups excluding carboxylic acids is 3. The molecule has 1 atom stereocenters. The molecule has 0 saturated heterocycles. The minimum absolute atomic E-state index is 0.0994. The average Bonchev–Trinajstić information content (AvgIpc) is 3.45. The van der Waals surface area contributed by atoms with Crippen LogP contribution in [0.5, 0.6) is 0 Å². The number of hydrogen-bond donors (Lipinski definition) is 0. The molecule has 6 nitrogen and oxygen atoms in total. The first kappa shape index (κ1) is 74.3. The maximum Gasteiger partial charge on any atom is 0.306 e. The zero-order valence-electron chi connectivity index (χ0n) is 51.1. The largest absolute Gasteiger partial charge is 0.462 e. The second kappa shape index (κ2) is 65.8. The van der Waals surface area contributed by atoms with Crippen molar-refractivity contribution in [1.29, 1.82) is 0 Å². The average molecular weight is 1090 g/mol. The van der Waals surface area contributed by atoms with Crippen LogP contribution in [0.4, 0.5) is 0 Å². The molecule has 0 aliphatic carbocycles. The number of esters is 3. The Hall–Kier alpha value is -4.71. The lowest BCUT2D eigenvalue weighted by Crippen LogP contribution is -2.30. The lowest BCUT2D eigenvalue weighted by molar-refractivity contribution is -0.167. The molecule has 0 aliphatic rings. The number of rotatable bonds is 57. The van der Waals surface area contributed by atoms with Gasteiger partial charge in [-0.3, -0.25) is 14.4 Å². The minimum atomic E-state index is -0.806. The van der Waals surface area contributed by atoms with Gasteiger partial charge in [0.15, 0.2) is 6.10 Å². The first-order chi connectivity index (χ1) is 39.0. The van der Waals surface area contributed by atoms with Crippen LogP contribution in [0, 0.1) is 0 Å². The Morgan fingerprint density at radius 3 is 0.772 bits per heavy atom. The molecule has 0 aliphatic heterocycles. The summed E-state index contributed by atoms with van der Waals surface area (Å²) in [7, 11) is 0. The topological polar surface area (TPSA) is 78.9 Å². The number of hydrogen-bond acceptors (Lipinski definition) is 6. The molecule has 0 aromatic rings. The van der Waals surface area contributed by atoms with Gasteiger partial charge in [-0.2, -0.15) is 0 Å². The lowest BCUT2D eigenvalue weighted by Gasteiger charge is -2.18. The zero-order chi connectivity index (χ0) is 57.1. The van der Waals surface area contributed by atoms with Gasteiger partial charge in [0.25, 0.3) is 0 Å². The Kier molecular flexibility index (Phi) is 61.9. The van der Waals surface area contributed by atoms with Gasteiger partial charge in [-0.15, -0.1) is 0 Å². The van der Waals surface area contributed by atoms with E-state index < -0.39 is 6.10 Å². The van der Waals surface area contributed by atoms with E-state index in [9.17, 15) is 14.4 Å². The first-order valence-corrected chi connectivity index (χ1v) is 32.3. The van der Waals surface area contributed by atoms with E-state index in [4.69, 9.17) is 14.2 Å². The van der Waals surface area contributed by atoms with Gasteiger partial charge in [0.1, 0.15) is 13.2 Å². The Balaban J connectivity index is 4.37. The Bertz CT molecular complexity index is 1730. The normalized spacial score (nSPS) is 13.1. The van der Waals surface area contributed by atoms with Crippen molar-refractivity contribution < 1.29 is 28.6 Å². The van der Waals surface area contributed by atoms with E-state index >= 15 is 0 Å². The molecule has 6 heteroatoms.